The number of nitrogens with zero attached hydrogens (tertiary/aromatic N) is 3. The first-order valence-corrected chi connectivity index (χ1v) is 7.05. The zero-order valence-corrected chi connectivity index (χ0v) is 11.1. The van der Waals surface area contributed by atoms with Crippen LogP contribution in [0.2, 0.25) is 0 Å². The zero-order chi connectivity index (χ0) is 12.9. The second-order valence-electron chi connectivity index (χ2n) is 5.22. The lowest BCUT2D eigenvalue weighted by Crippen LogP contribution is -2.16. The van der Waals surface area contributed by atoms with Gasteiger partial charge in [0, 0.05) is 19.3 Å². The van der Waals surface area contributed by atoms with E-state index in [-0.39, 0.29) is 0 Å². The minimum Gasteiger partial charge on any atom is -0.313 e. The molecule has 2 aromatic rings. The molecule has 1 aromatic carbocycles. The van der Waals surface area contributed by atoms with Crippen LogP contribution in [0.3, 0.4) is 0 Å². The summed E-state index contributed by atoms with van der Waals surface area (Å²) < 4.78 is 1.87. The molecule has 0 saturated heterocycles. The van der Waals surface area contributed by atoms with Crippen molar-refractivity contribution in [3.63, 3.8) is 0 Å². The predicted octanol–water partition coefficient (Wildman–Crippen LogP) is 2.34. The number of hydrogen-bond acceptors (Lipinski definition) is 3. The van der Waals surface area contributed by atoms with Gasteiger partial charge in [-0.05, 0) is 42.9 Å². The van der Waals surface area contributed by atoms with Crippen LogP contribution in [0.5, 0.6) is 0 Å². The average molecular weight is 256 g/mol. The molecule has 1 saturated carbocycles. The molecule has 0 spiro atoms. The van der Waals surface area contributed by atoms with Crippen molar-refractivity contribution < 1.29 is 0 Å². The van der Waals surface area contributed by atoms with E-state index in [0.29, 0.717) is 0 Å². The summed E-state index contributed by atoms with van der Waals surface area (Å²) in [4.78, 5) is 0. The third-order valence-corrected chi connectivity index (χ3v) is 3.54. The van der Waals surface area contributed by atoms with Crippen molar-refractivity contribution in [3.8, 4) is 0 Å². The highest BCUT2D eigenvalue weighted by atomic mass is 15.4. The molecule has 0 bridgehead atoms. The maximum Gasteiger partial charge on any atom is 0.0692 e. The van der Waals surface area contributed by atoms with E-state index >= 15 is 0 Å². The summed E-state index contributed by atoms with van der Waals surface area (Å²) in [5.41, 5.74) is 2.91. The second kappa shape index (κ2) is 5.97. The summed E-state index contributed by atoms with van der Waals surface area (Å²) >= 11 is 0. The Morgan fingerprint density at radius 3 is 3.05 bits per heavy atom. The summed E-state index contributed by atoms with van der Waals surface area (Å²) in [5, 5.41) is 11.2. The van der Waals surface area contributed by atoms with E-state index in [2.05, 4.69) is 39.9 Å². The van der Waals surface area contributed by atoms with Crippen LogP contribution in [0.4, 0.5) is 0 Å². The van der Waals surface area contributed by atoms with Gasteiger partial charge in [-0.25, -0.2) is 0 Å². The highest BCUT2D eigenvalue weighted by molar-refractivity contribution is 5.29. The van der Waals surface area contributed by atoms with E-state index in [1.54, 1.807) is 6.20 Å². The van der Waals surface area contributed by atoms with Crippen LogP contribution in [-0.4, -0.2) is 21.5 Å². The molecule has 0 aliphatic heterocycles. The summed E-state index contributed by atoms with van der Waals surface area (Å²) in [6.07, 6.45) is 7.44. The van der Waals surface area contributed by atoms with Crippen molar-refractivity contribution in [2.75, 3.05) is 6.54 Å². The van der Waals surface area contributed by atoms with Crippen LogP contribution in [0.15, 0.2) is 36.7 Å². The summed E-state index contributed by atoms with van der Waals surface area (Å²) in [6, 6.07) is 8.99. The molecule has 1 heterocycles. The summed E-state index contributed by atoms with van der Waals surface area (Å²) in [7, 11) is 0. The van der Waals surface area contributed by atoms with Crippen LogP contribution >= 0.6 is 0 Å². The van der Waals surface area contributed by atoms with E-state index in [0.717, 1.165) is 32.0 Å². The van der Waals surface area contributed by atoms with E-state index in [4.69, 9.17) is 0 Å². The van der Waals surface area contributed by atoms with Gasteiger partial charge in [0.25, 0.3) is 0 Å². The Kier molecular flexibility index (Phi) is 3.89. The topological polar surface area (TPSA) is 42.7 Å². The van der Waals surface area contributed by atoms with E-state index < -0.39 is 0 Å². The number of nitrogens with one attached hydrogen (secondary N) is 1. The molecule has 1 aliphatic carbocycles. The molecular formula is C15H20N4. The lowest BCUT2D eigenvalue weighted by molar-refractivity contribution is 0.530. The van der Waals surface area contributed by atoms with Gasteiger partial charge in [-0.1, -0.05) is 29.5 Å². The fraction of sp³-hybridized carbons (Fsp3) is 0.467. The lowest BCUT2D eigenvalue weighted by Gasteiger charge is -2.06. The predicted molar refractivity (Wildman–Crippen MR) is 74.8 cm³/mol. The van der Waals surface area contributed by atoms with E-state index in [9.17, 15) is 0 Å². The molecule has 100 valence electrons. The molecule has 19 heavy (non-hydrogen) atoms. The average Bonchev–Trinajstić information content (AvgIpc) is 3.17. The molecule has 1 aliphatic rings. The highest BCUT2D eigenvalue weighted by Crippen LogP contribution is 2.40. The standard InChI is InChI=1S/C15H20N4/c1-3-13(11-15(4-1)14-5-6-14)12-16-7-2-9-19-10-8-17-18-19/h1,3-4,8,10-11,14,16H,2,5-7,9,12H2. The van der Waals surface area contributed by atoms with Crippen molar-refractivity contribution in [3.05, 3.63) is 47.8 Å². The molecule has 0 atom stereocenters. The lowest BCUT2D eigenvalue weighted by atomic mass is 10.1. The highest BCUT2D eigenvalue weighted by Gasteiger charge is 2.23. The van der Waals surface area contributed by atoms with Gasteiger partial charge >= 0.3 is 0 Å². The molecule has 1 aromatic heterocycles. The fourth-order valence-corrected chi connectivity index (χ4v) is 2.32. The van der Waals surface area contributed by atoms with Crippen molar-refractivity contribution in [2.45, 2.75) is 38.3 Å². The third-order valence-electron chi connectivity index (χ3n) is 3.54. The SMILES string of the molecule is c1cc(CNCCCn2ccnn2)cc(C2CC2)c1. The van der Waals surface area contributed by atoms with Gasteiger partial charge in [0.2, 0.25) is 0 Å². The Balaban J connectivity index is 1.38. The van der Waals surface area contributed by atoms with Gasteiger partial charge < -0.3 is 5.32 Å². The van der Waals surface area contributed by atoms with Gasteiger partial charge in [0.15, 0.2) is 0 Å². The minimum atomic E-state index is 0.840. The molecule has 0 radical (unpaired) electrons. The Hall–Kier alpha value is -1.68. The first kappa shape index (κ1) is 12.4. The maximum absolute atomic E-state index is 3.95. The van der Waals surface area contributed by atoms with Crippen molar-refractivity contribution >= 4 is 0 Å². The van der Waals surface area contributed by atoms with Crippen LogP contribution < -0.4 is 5.32 Å². The molecule has 4 heteroatoms. The van der Waals surface area contributed by atoms with Crippen molar-refractivity contribution in [1.29, 1.82) is 0 Å². The largest absolute Gasteiger partial charge is 0.313 e. The molecule has 1 N–H and O–H groups in total. The molecule has 0 unspecified atom stereocenters. The van der Waals surface area contributed by atoms with Gasteiger partial charge in [-0.2, -0.15) is 0 Å². The van der Waals surface area contributed by atoms with Gasteiger partial charge in [0.05, 0.1) is 6.20 Å². The molecule has 3 rings (SSSR count). The smallest absolute Gasteiger partial charge is 0.0692 e. The van der Waals surface area contributed by atoms with Gasteiger partial charge in [0.1, 0.15) is 0 Å². The monoisotopic (exact) mass is 256 g/mol. The number of aryl methyl sites for hydroxylation is 1. The molecule has 4 nitrogen and oxygen atoms in total. The molecular weight excluding hydrogens is 236 g/mol. The fourth-order valence-electron chi connectivity index (χ4n) is 2.32. The number of hydrogen-bond donors (Lipinski definition) is 1. The maximum atomic E-state index is 3.95. The third kappa shape index (κ3) is 3.64. The Labute approximate surface area is 113 Å². The van der Waals surface area contributed by atoms with E-state index in [1.807, 2.05) is 10.9 Å². The van der Waals surface area contributed by atoms with Crippen LogP contribution in [0.1, 0.15) is 36.3 Å². The van der Waals surface area contributed by atoms with Crippen molar-refractivity contribution in [2.24, 2.45) is 0 Å². The van der Waals surface area contributed by atoms with Gasteiger partial charge in [-0.15, -0.1) is 5.10 Å². The minimum absolute atomic E-state index is 0.840. The zero-order valence-electron chi connectivity index (χ0n) is 11.1. The van der Waals surface area contributed by atoms with Crippen LogP contribution in [0.25, 0.3) is 0 Å². The Bertz CT molecular complexity index is 503. The molecule has 1 fully saturated rings. The van der Waals surface area contributed by atoms with Crippen molar-refractivity contribution in [1.82, 2.24) is 20.3 Å². The number of rotatable bonds is 7. The van der Waals surface area contributed by atoms with Crippen LogP contribution in [0, 0.1) is 0 Å². The number of benzene rings is 1. The number of aromatic nitrogens is 3. The molecule has 0 amide bonds. The Morgan fingerprint density at radius 1 is 1.32 bits per heavy atom. The second-order valence-corrected chi connectivity index (χ2v) is 5.22. The quantitative estimate of drug-likeness (QED) is 0.773. The Morgan fingerprint density at radius 2 is 2.26 bits per heavy atom. The summed E-state index contributed by atoms with van der Waals surface area (Å²) in [5.74, 6) is 0.840. The summed E-state index contributed by atoms with van der Waals surface area (Å²) in [6.45, 7) is 2.89. The van der Waals surface area contributed by atoms with Crippen LogP contribution in [-0.2, 0) is 13.1 Å². The van der Waals surface area contributed by atoms with E-state index in [1.165, 1.54) is 24.0 Å². The normalized spacial score (nSPS) is 14.7. The first-order valence-electron chi connectivity index (χ1n) is 7.05. The first-order chi connectivity index (χ1) is 9.42. The van der Waals surface area contributed by atoms with Gasteiger partial charge in [-0.3, -0.25) is 4.68 Å².